The zero-order valence-corrected chi connectivity index (χ0v) is 13.9. The van der Waals surface area contributed by atoms with Crippen LogP contribution in [0.15, 0.2) is 24.5 Å². The van der Waals surface area contributed by atoms with Crippen LogP contribution in [0.4, 0.5) is 0 Å². The van der Waals surface area contributed by atoms with Crippen LogP contribution in [0.5, 0.6) is 0 Å². The fourth-order valence-electron chi connectivity index (χ4n) is 3.72. The largest absolute Gasteiger partial charge is 0.310 e. The smallest absolute Gasteiger partial charge is 0.0363 e. The summed E-state index contributed by atoms with van der Waals surface area (Å²) in [6.45, 7) is 5.66. The minimum Gasteiger partial charge on any atom is -0.310 e. The Labute approximate surface area is 130 Å². The molecule has 0 spiro atoms. The summed E-state index contributed by atoms with van der Waals surface area (Å²) in [5.74, 6) is 1.78. The van der Waals surface area contributed by atoms with E-state index in [1.54, 1.807) is 0 Å². The monoisotopic (exact) mass is 288 g/mol. The molecule has 2 nitrogen and oxygen atoms in total. The van der Waals surface area contributed by atoms with Crippen molar-refractivity contribution in [3.8, 4) is 0 Å². The fourth-order valence-corrected chi connectivity index (χ4v) is 3.72. The number of nitrogens with one attached hydrogen (secondary N) is 1. The van der Waals surface area contributed by atoms with E-state index in [1.807, 2.05) is 6.20 Å². The number of aromatic nitrogens is 1. The molecular formula is C19H32N2. The molecular weight excluding hydrogens is 256 g/mol. The first-order valence-electron chi connectivity index (χ1n) is 8.98. The number of nitrogens with zero attached hydrogens (tertiary/aromatic N) is 1. The number of rotatable bonds is 8. The summed E-state index contributed by atoms with van der Waals surface area (Å²) in [5.41, 5.74) is 1.38. The van der Waals surface area contributed by atoms with Gasteiger partial charge in [-0.3, -0.25) is 4.98 Å². The van der Waals surface area contributed by atoms with Crippen molar-refractivity contribution in [3.63, 3.8) is 0 Å². The van der Waals surface area contributed by atoms with Crippen LogP contribution in [-0.4, -0.2) is 11.5 Å². The predicted octanol–water partition coefficient (Wildman–Crippen LogP) is 5.12. The number of hydrogen-bond donors (Lipinski definition) is 1. The third-order valence-corrected chi connectivity index (χ3v) is 4.99. The second-order valence-corrected chi connectivity index (χ2v) is 6.64. The number of hydrogen-bond acceptors (Lipinski definition) is 2. The first-order valence-corrected chi connectivity index (χ1v) is 8.98. The topological polar surface area (TPSA) is 24.9 Å². The van der Waals surface area contributed by atoms with Gasteiger partial charge in [0.15, 0.2) is 0 Å². The van der Waals surface area contributed by atoms with E-state index in [4.69, 9.17) is 0 Å². The summed E-state index contributed by atoms with van der Waals surface area (Å²) >= 11 is 0. The summed E-state index contributed by atoms with van der Waals surface area (Å²) in [6, 6.07) is 4.82. The average molecular weight is 288 g/mol. The van der Waals surface area contributed by atoms with Gasteiger partial charge in [-0.05, 0) is 49.3 Å². The summed E-state index contributed by atoms with van der Waals surface area (Å²) in [7, 11) is 0. The van der Waals surface area contributed by atoms with Gasteiger partial charge in [0, 0.05) is 18.4 Å². The Balaban J connectivity index is 1.92. The molecule has 0 bridgehead atoms. The summed E-state index contributed by atoms with van der Waals surface area (Å²) in [6.07, 6.45) is 14.9. The Morgan fingerprint density at radius 2 is 2.00 bits per heavy atom. The molecule has 0 aromatic carbocycles. The quantitative estimate of drug-likeness (QED) is 0.718. The molecule has 1 unspecified atom stereocenters. The lowest BCUT2D eigenvalue weighted by Crippen LogP contribution is -2.31. The molecule has 1 saturated carbocycles. The van der Waals surface area contributed by atoms with Crippen molar-refractivity contribution >= 4 is 0 Å². The highest BCUT2D eigenvalue weighted by Crippen LogP contribution is 2.38. The standard InChI is InChI=1S/C19H32N2/c1-3-5-7-16-9-11-17(12-10-16)19(21-13-4-2)18-8-6-14-20-15-18/h6,8,14-17,19,21H,3-5,7,9-13H2,1-2H3. The molecule has 2 heteroatoms. The van der Waals surface area contributed by atoms with E-state index in [0.717, 1.165) is 18.4 Å². The molecule has 0 saturated heterocycles. The summed E-state index contributed by atoms with van der Waals surface area (Å²) < 4.78 is 0. The van der Waals surface area contributed by atoms with Gasteiger partial charge in [-0.2, -0.15) is 0 Å². The van der Waals surface area contributed by atoms with Gasteiger partial charge in [0.2, 0.25) is 0 Å². The molecule has 1 fully saturated rings. The maximum absolute atomic E-state index is 4.32. The van der Waals surface area contributed by atoms with Gasteiger partial charge in [-0.1, -0.05) is 52.0 Å². The third-order valence-electron chi connectivity index (χ3n) is 4.99. The highest BCUT2D eigenvalue weighted by atomic mass is 14.9. The van der Waals surface area contributed by atoms with Crippen molar-refractivity contribution in [2.45, 2.75) is 71.3 Å². The zero-order valence-electron chi connectivity index (χ0n) is 13.9. The minimum absolute atomic E-state index is 0.505. The SMILES string of the molecule is CCCCC1CCC(C(NCCC)c2cccnc2)CC1. The van der Waals surface area contributed by atoms with Gasteiger partial charge in [-0.25, -0.2) is 0 Å². The van der Waals surface area contributed by atoms with Crippen LogP contribution in [0.25, 0.3) is 0 Å². The van der Waals surface area contributed by atoms with Crippen LogP contribution >= 0.6 is 0 Å². The molecule has 0 aliphatic heterocycles. The normalized spacial score (nSPS) is 23.9. The second kappa shape index (κ2) is 9.19. The maximum Gasteiger partial charge on any atom is 0.0363 e. The van der Waals surface area contributed by atoms with Crippen LogP contribution in [0, 0.1) is 11.8 Å². The Morgan fingerprint density at radius 3 is 2.62 bits per heavy atom. The van der Waals surface area contributed by atoms with Crippen LogP contribution in [0.3, 0.4) is 0 Å². The van der Waals surface area contributed by atoms with Crippen molar-refractivity contribution in [1.82, 2.24) is 10.3 Å². The van der Waals surface area contributed by atoms with Crippen molar-refractivity contribution in [2.75, 3.05) is 6.54 Å². The molecule has 1 aromatic heterocycles. The number of pyridine rings is 1. The fraction of sp³-hybridized carbons (Fsp3) is 0.737. The molecule has 0 radical (unpaired) electrons. The van der Waals surface area contributed by atoms with Crippen LogP contribution in [0.2, 0.25) is 0 Å². The molecule has 118 valence electrons. The highest BCUT2D eigenvalue weighted by molar-refractivity contribution is 5.15. The highest BCUT2D eigenvalue weighted by Gasteiger charge is 2.28. The van der Waals surface area contributed by atoms with Crippen molar-refractivity contribution in [3.05, 3.63) is 30.1 Å². The maximum atomic E-state index is 4.32. The van der Waals surface area contributed by atoms with Gasteiger partial charge in [-0.15, -0.1) is 0 Å². The first-order chi connectivity index (χ1) is 10.3. The lowest BCUT2D eigenvalue weighted by atomic mass is 9.75. The zero-order chi connectivity index (χ0) is 14.9. The van der Waals surface area contributed by atoms with Gasteiger partial charge in [0.25, 0.3) is 0 Å². The van der Waals surface area contributed by atoms with Gasteiger partial charge >= 0.3 is 0 Å². The van der Waals surface area contributed by atoms with Crippen molar-refractivity contribution in [1.29, 1.82) is 0 Å². The van der Waals surface area contributed by atoms with Crippen molar-refractivity contribution < 1.29 is 0 Å². The molecule has 1 aromatic rings. The van der Waals surface area contributed by atoms with E-state index < -0.39 is 0 Å². The molecule has 0 amide bonds. The second-order valence-electron chi connectivity index (χ2n) is 6.64. The molecule has 1 N–H and O–H groups in total. The van der Waals surface area contributed by atoms with E-state index in [0.29, 0.717) is 6.04 Å². The summed E-state index contributed by atoms with van der Waals surface area (Å²) in [4.78, 5) is 4.32. The molecule has 2 rings (SSSR count). The van der Waals surface area contributed by atoms with E-state index in [1.165, 1.54) is 56.9 Å². The molecule has 1 atom stereocenters. The van der Waals surface area contributed by atoms with E-state index in [2.05, 4.69) is 42.5 Å². The lowest BCUT2D eigenvalue weighted by molar-refractivity contribution is 0.213. The van der Waals surface area contributed by atoms with Gasteiger partial charge < -0.3 is 5.32 Å². The average Bonchev–Trinajstić information content (AvgIpc) is 2.55. The minimum atomic E-state index is 0.505. The van der Waals surface area contributed by atoms with E-state index in [9.17, 15) is 0 Å². The Morgan fingerprint density at radius 1 is 1.19 bits per heavy atom. The van der Waals surface area contributed by atoms with Gasteiger partial charge in [0.05, 0.1) is 0 Å². The van der Waals surface area contributed by atoms with E-state index in [-0.39, 0.29) is 0 Å². The number of unbranched alkanes of at least 4 members (excludes halogenated alkanes) is 1. The first kappa shape index (κ1) is 16.5. The molecule has 1 aliphatic carbocycles. The lowest BCUT2D eigenvalue weighted by Gasteiger charge is -2.34. The predicted molar refractivity (Wildman–Crippen MR) is 90.2 cm³/mol. The molecule has 21 heavy (non-hydrogen) atoms. The Kier molecular flexibility index (Phi) is 7.21. The van der Waals surface area contributed by atoms with Crippen molar-refractivity contribution in [2.24, 2.45) is 11.8 Å². The molecule has 1 aliphatic rings. The Hall–Kier alpha value is -0.890. The van der Waals surface area contributed by atoms with Crippen LogP contribution < -0.4 is 5.32 Å². The Bertz CT molecular complexity index is 368. The van der Waals surface area contributed by atoms with Gasteiger partial charge in [0.1, 0.15) is 0 Å². The van der Waals surface area contributed by atoms with Crippen LogP contribution in [-0.2, 0) is 0 Å². The van der Waals surface area contributed by atoms with E-state index >= 15 is 0 Å². The third kappa shape index (κ3) is 5.10. The summed E-state index contributed by atoms with van der Waals surface area (Å²) in [5, 5.41) is 3.77. The molecule has 1 heterocycles. The van der Waals surface area contributed by atoms with Crippen LogP contribution in [0.1, 0.15) is 76.8 Å².